The van der Waals surface area contributed by atoms with Gasteiger partial charge in [-0.05, 0) is 35.1 Å². The largest absolute Gasteiger partial charge is 0.493 e. The van der Waals surface area contributed by atoms with Crippen molar-refractivity contribution in [3.8, 4) is 11.5 Å². The zero-order valence-electron chi connectivity index (χ0n) is 15.7. The van der Waals surface area contributed by atoms with E-state index in [0.717, 1.165) is 6.42 Å². The van der Waals surface area contributed by atoms with Gasteiger partial charge in [0.2, 0.25) is 0 Å². The molecule has 0 aliphatic rings. The van der Waals surface area contributed by atoms with Gasteiger partial charge in [-0.2, -0.15) is 0 Å². The summed E-state index contributed by atoms with van der Waals surface area (Å²) in [6.45, 7) is 7.16. The third-order valence-corrected chi connectivity index (χ3v) is 4.17. The van der Waals surface area contributed by atoms with Crippen LogP contribution >= 0.6 is 0 Å². The minimum absolute atomic E-state index is 0.148. The molecule has 0 bridgehead atoms. The van der Waals surface area contributed by atoms with Gasteiger partial charge in [-0.25, -0.2) is 0 Å². The average Bonchev–Trinajstić information content (AvgIpc) is 2.60. The highest BCUT2D eigenvalue weighted by Crippen LogP contribution is 2.30. The molecule has 0 spiro atoms. The van der Waals surface area contributed by atoms with Gasteiger partial charge in [-0.15, -0.1) is 0 Å². The molecule has 0 fully saturated rings. The maximum Gasteiger partial charge on any atom is 0.255 e. The molecule has 0 aliphatic carbocycles. The number of carbonyl (C=O) groups is 1. The van der Waals surface area contributed by atoms with Crippen LogP contribution in [0.1, 0.15) is 42.3 Å². The van der Waals surface area contributed by atoms with E-state index in [1.54, 1.807) is 25.3 Å². The standard InChI is InChI=1S/C21H27NO3/c1-21(2,3)16-11-9-15(10-12-16)13-14-22-20(23)17-7-6-8-18(24-4)19(17)25-5/h6-12H,13-14H2,1-5H3,(H,22,23). The Labute approximate surface area is 150 Å². The SMILES string of the molecule is COc1cccc(C(=O)NCCc2ccc(C(C)(C)C)cc2)c1OC. The third kappa shape index (κ3) is 4.75. The Balaban J connectivity index is 1.97. The number of carbonyl (C=O) groups excluding carboxylic acids is 1. The smallest absolute Gasteiger partial charge is 0.255 e. The molecule has 2 rings (SSSR count). The van der Waals surface area contributed by atoms with Crippen molar-refractivity contribution < 1.29 is 14.3 Å². The maximum absolute atomic E-state index is 12.4. The number of benzene rings is 2. The van der Waals surface area contributed by atoms with Gasteiger partial charge in [0.15, 0.2) is 11.5 Å². The Morgan fingerprint density at radius 3 is 2.24 bits per heavy atom. The van der Waals surface area contributed by atoms with Crippen molar-refractivity contribution in [3.63, 3.8) is 0 Å². The van der Waals surface area contributed by atoms with Gasteiger partial charge >= 0.3 is 0 Å². The Bertz CT molecular complexity index is 715. The van der Waals surface area contributed by atoms with E-state index in [1.807, 2.05) is 0 Å². The highest BCUT2D eigenvalue weighted by molar-refractivity contribution is 5.97. The number of ether oxygens (including phenoxy) is 2. The minimum atomic E-state index is -0.165. The number of para-hydroxylation sites is 1. The van der Waals surface area contributed by atoms with Crippen molar-refractivity contribution >= 4 is 5.91 Å². The van der Waals surface area contributed by atoms with Crippen LogP contribution in [0.3, 0.4) is 0 Å². The number of hydrogen-bond donors (Lipinski definition) is 1. The molecule has 0 unspecified atom stereocenters. The molecule has 0 radical (unpaired) electrons. The molecule has 0 aromatic heterocycles. The lowest BCUT2D eigenvalue weighted by atomic mass is 9.86. The van der Waals surface area contributed by atoms with Gasteiger partial charge in [0.25, 0.3) is 5.91 Å². The van der Waals surface area contributed by atoms with Crippen LogP contribution in [0.2, 0.25) is 0 Å². The van der Waals surface area contributed by atoms with Crippen molar-refractivity contribution in [3.05, 3.63) is 59.2 Å². The van der Waals surface area contributed by atoms with Crippen LogP contribution in [0.5, 0.6) is 11.5 Å². The van der Waals surface area contributed by atoms with Crippen molar-refractivity contribution in [1.82, 2.24) is 5.32 Å². The average molecular weight is 341 g/mol. The Hall–Kier alpha value is -2.49. The number of rotatable bonds is 6. The van der Waals surface area contributed by atoms with Crippen LogP contribution < -0.4 is 14.8 Å². The predicted octanol–water partition coefficient (Wildman–Crippen LogP) is 3.97. The Morgan fingerprint density at radius 1 is 1.00 bits per heavy atom. The highest BCUT2D eigenvalue weighted by atomic mass is 16.5. The number of methoxy groups -OCH3 is 2. The van der Waals surface area contributed by atoms with Crippen LogP contribution in [0.15, 0.2) is 42.5 Å². The summed E-state index contributed by atoms with van der Waals surface area (Å²) in [5, 5.41) is 2.94. The van der Waals surface area contributed by atoms with E-state index in [1.165, 1.54) is 18.2 Å². The summed E-state index contributed by atoms with van der Waals surface area (Å²) in [5.41, 5.74) is 3.13. The molecule has 2 aromatic carbocycles. The van der Waals surface area contributed by atoms with Gasteiger partial charge in [-0.3, -0.25) is 4.79 Å². The van der Waals surface area contributed by atoms with Crippen molar-refractivity contribution in [2.45, 2.75) is 32.6 Å². The molecular formula is C21H27NO3. The van der Waals surface area contributed by atoms with E-state index >= 15 is 0 Å². The fourth-order valence-corrected chi connectivity index (χ4v) is 2.65. The maximum atomic E-state index is 12.4. The number of nitrogens with one attached hydrogen (secondary N) is 1. The number of amides is 1. The zero-order chi connectivity index (χ0) is 18.4. The molecule has 0 heterocycles. The van der Waals surface area contributed by atoms with Crippen LogP contribution in [-0.2, 0) is 11.8 Å². The fourth-order valence-electron chi connectivity index (χ4n) is 2.65. The molecule has 1 amide bonds. The van der Waals surface area contributed by atoms with E-state index in [2.05, 4.69) is 50.4 Å². The van der Waals surface area contributed by atoms with Crippen LogP contribution in [0, 0.1) is 0 Å². The molecule has 0 saturated carbocycles. The Morgan fingerprint density at radius 2 is 1.68 bits per heavy atom. The summed E-state index contributed by atoms with van der Waals surface area (Å²) >= 11 is 0. The van der Waals surface area contributed by atoms with Gasteiger partial charge in [0, 0.05) is 6.54 Å². The molecular weight excluding hydrogens is 314 g/mol. The highest BCUT2D eigenvalue weighted by Gasteiger charge is 2.16. The van der Waals surface area contributed by atoms with E-state index < -0.39 is 0 Å². The lowest BCUT2D eigenvalue weighted by Crippen LogP contribution is -2.26. The summed E-state index contributed by atoms with van der Waals surface area (Å²) in [7, 11) is 3.09. The first-order valence-electron chi connectivity index (χ1n) is 8.45. The second-order valence-corrected chi connectivity index (χ2v) is 6.99. The van der Waals surface area contributed by atoms with E-state index in [9.17, 15) is 4.79 Å². The molecule has 4 heteroatoms. The first-order valence-corrected chi connectivity index (χ1v) is 8.45. The van der Waals surface area contributed by atoms with Gasteiger partial charge in [-0.1, -0.05) is 51.1 Å². The Kier molecular flexibility index (Phi) is 6.07. The van der Waals surface area contributed by atoms with Gasteiger partial charge in [0.05, 0.1) is 19.8 Å². The molecule has 2 aromatic rings. The van der Waals surface area contributed by atoms with Crippen LogP contribution in [-0.4, -0.2) is 26.7 Å². The topological polar surface area (TPSA) is 47.6 Å². The predicted molar refractivity (Wildman–Crippen MR) is 101 cm³/mol. The van der Waals surface area contributed by atoms with E-state index in [4.69, 9.17) is 9.47 Å². The van der Waals surface area contributed by atoms with Crippen LogP contribution in [0.4, 0.5) is 0 Å². The van der Waals surface area contributed by atoms with Crippen molar-refractivity contribution in [2.24, 2.45) is 0 Å². The lowest BCUT2D eigenvalue weighted by molar-refractivity contribution is 0.0950. The summed E-state index contributed by atoms with van der Waals surface area (Å²) in [5.74, 6) is 0.840. The number of hydrogen-bond acceptors (Lipinski definition) is 3. The van der Waals surface area contributed by atoms with Crippen molar-refractivity contribution in [2.75, 3.05) is 20.8 Å². The molecule has 0 atom stereocenters. The summed E-state index contributed by atoms with van der Waals surface area (Å²) in [4.78, 5) is 12.4. The molecule has 4 nitrogen and oxygen atoms in total. The molecule has 0 saturated heterocycles. The molecule has 134 valence electrons. The summed E-state index contributed by atoms with van der Waals surface area (Å²) < 4.78 is 10.5. The lowest BCUT2D eigenvalue weighted by Gasteiger charge is -2.19. The molecule has 25 heavy (non-hydrogen) atoms. The second kappa shape index (κ2) is 8.06. The van der Waals surface area contributed by atoms with E-state index in [-0.39, 0.29) is 11.3 Å². The fraction of sp³-hybridized carbons (Fsp3) is 0.381. The van der Waals surface area contributed by atoms with Crippen molar-refractivity contribution in [1.29, 1.82) is 0 Å². The zero-order valence-corrected chi connectivity index (χ0v) is 15.7. The van der Waals surface area contributed by atoms with Gasteiger partial charge < -0.3 is 14.8 Å². The van der Waals surface area contributed by atoms with Gasteiger partial charge in [0.1, 0.15) is 0 Å². The normalized spacial score (nSPS) is 11.1. The molecule has 0 aliphatic heterocycles. The monoisotopic (exact) mass is 341 g/mol. The first kappa shape index (κ1) is 18.8. The summed E-state index contributed by atoms with van der Waals surface area (Å²) in [6.07, 6.45) is 0.780. The minimum Gasteiger partial charge on any atom is -0.493 e. The quantitative estimate of drug-likeness (QED) is 0.865. The summed E-state index contributed by atoms with van der Waals surface area (Å²) in [6, 6.07) is 13.8. The first-order chi connectivity index (χ1) is 11.9. The molecule has 1 N–H and O–H groups in total. The second-order valence-electron chi connectivity index (χ2n) is 6.99. The van der Waals surface area contributed by atoms with Crippen LogP contribution in [0.25, 0.3) is 0 Å². The van der Waals surface area contributed by atoms with E-state index in [0.29, 0.717) is 23.6 Å². The third-order valence-electron chi connectivity index (χ3n) is 4.17.